The van der Waals surface area contributed by atoms with Gasteiger partial charge in [0.1, 0.15) is 11.7 Å². The van der Waals surface area contributed by atoms with E-state index in [0.29, 0.717) is 23.7 Å². The fraction of sp³-hybridized carbons (Fsp3) is 0.349. The first-order valence-electron chi connectivity index (χ1n) is 17.4. The van der Waals surface area contributed by atoms with Gasteiger partial charge in [0, 0.05) is 35.8 Å². The average Bonchev–Trinajstić information content (AvgIpc) is 3.75. The Morgan fingerprint density at radius 1 is 0.596 bits per heavy atom. The predicted octanol–water partition coefficient (Wildman–Crippen LogP) is 10.9. The maximum atomic E-state index is 5.07. The molecule has 0 amide bonds. The highest BCUT2D eigenvalue weighted by Crippen LogP contribution is 2.38. The molecule has 0 radical (unpaired) electrons. The minimum Gasteiger partial charge on any atom is -0.324 e. The van der Waals surface area contributed by atoms with Crippen molar-refractivity contribution in [3.63, 3.8) is 0 Å². The third-order valence-electron chi connectivity index (χ3n) is 9.46. The van der Waals surface area contributed by atoms with Crippen molar-refractivity contribution in [3.05, 3.63) is 136 Å². The van der Waals surface area contributed by atoms with Gasteiger partial charge in [0.25, 0.3) is 0 Å². The van der Waals surface area contributed by atoms with E-state index in [4.69, 9.17) is 9.98 Å². The molecule has 242 valence electrons. The monoisotopic (exact) mass is 622 g/mol. The summed E-state index contributed by atoms with van der Waals surface area (Å²) in [5.41, 5.74) is 13.0. The second-order valence-corrected chi connectivity index (χ2v) is 14.2. The number of hydrogen-bond acceptors (Lipinski definition) is 3. The second kappa shape index (κ2) is 13.7. The number of imidazole rings is 1. The molecule has 0 saturated heterocycles. The predicted molar refractivity (Wildman–Crippen MR) is 200 cm³/mol. The van der Waals surface area contributed by atoms with Crippen LogP contribution >= 0.6 is 0 Å². The zero-order valence-corrected chi connectivity index (χ0v) is 29.5. The molecule has 0 atom stereocenters. The van der Waals surface area contributed by atoms with E-state index in [2.05, 4.69) is 156 Å². The van der Waals surface area contributed by atoms with Gasteiger partial charge < -0.3 is 4.90 Å². The summed E-state index contributed by atoms with van der Waals surface area (Å²) >= 11 is 0. The number of benzene rings is 4. The van der Waals surface area contributed by atoms with Crippen LogP contribution < -0.4 is 4.90 Å². The van der Waals surface area contributed by atoms with Crippen molar-refractivity contribution in [2.45, 2.75) is 85.5 Å². The third kappa shape index (κ3) is 6.56. The van der Waals surface area contributed by atoms with Crippen molar-refractivity contribution < 1.29 is 0 Å². The number of hydrogen-bond donors (Lipinski definition) is 0. The Bertz CT molecular complexity index is 1840. The molecule has 0 unspecified atom stereocenters. The lowest BCUT2D eigenvalue weighted by Gasteiger charge is -2.29. The summed E-state index contributed by atoms with van der Waals surface area (Å²) < 4.78 is 2.30. The second-order valence-electron chi connectivity index (χ2n) is 14.2. The summed E-state index contributed by atoms with van der Waals surface area (Å²) in [6, 6.07) is 31.4. The highest BCUT2D eigenvalue weighted by molar-refractivity contribution is 6.12. The zero-order valence-electron chi connectivity index (χ0n) is 29.5. The molecule has 0 fully saturated rings. The summed E-state index contributed by atoms with van der Waals surface area (Å²) in [5, 5.41) is 0. The van der Waals surface area contributed by atoms with E-state index in [1.54, 1.807) is 0 Å². The molecule has 0 N–H and O–H groups in total. The van der Waals surface area contributed by atoms with Crippen molar-refractivity contribution >= 4 is 11.5 Å². The first-order chi connectivity index (χ1) is 22.6. The lowest BCUT2D eigenvalue weighted by Crippen LogP contribution is -2.30. The van der Waals surface area contributed by atoms with Gasteiger partial charge in [-0.2, -0.15) is 0 Å². The summed E-state index contributed by atoms with van der Waals surface area (Å²) in [5.74, 6) is 3.77. The van der Waals surface area contributed by atoms with Gasteiger partial charge in [-0.25, -0.2) is 4.98 Å². The van der Waals surface area contributed by atoms with Crippen molar-refractivity contribution in [3.8, 4) is 17.1 Å². The Morgan fingerprint density at radius 2 is 1.09 bits per heavy atom. The molecule has 4 aromatic carbocycles. The third-order valence-corrected chi connectivity index (χ3v) is 9.46. The quantitative estimate of drug-likeness (QED) is 0.155. The zero-order chi connectivity index (χ0) is 33.2. The van der Waals surface area contributed by atoms with Crippen LogP contribution in [0.25, 0.3) is 17.1 Å². The molecule has 0 aliphatic carbocycles. The lowest BCUT2D eigenvalue weighted by atomic mass is 9.91. The number of amidine groups is 1. The molecular formula is C43H50N4. The number of para-hydroxylation sites is 2. The van der Waals surface area contributed by atoms with E-state index in [1.807, 2.05) is 6.20 Å². The molecule has 1 aliphatic heterocycles. The first-order valence-corrected chi connectivity index (χ1v) is 17.4. The van der Waals surface area contributed by atoms with E-state index in [0.717, 1.165) is 36.7 Å². The van der Waals surface area contributed by atoms with E-state index in [-0.39, 0.29) is 0 Å². The molecule has 1 aliphatic rings. The van der Waals surface area contributed by atoms with E-state index < -0.39 is 0 Å². The van der Waals surface area contributed by atoms with Crippen LogP contribution in [0.3, 0.4) is 0 Å². The largest absolute Gasteiger partial charge is 0.324 e. The minimum atomic E-state index is 0.411. The van der Waals surface area contributed by atoms with Crippen LogP contribution in [-0.4, -0.2) is 28.5 Å². The smallest absolute Gasteiger partial charge is 0.144 e. The normalized spacial score (nSPS) is 13.4. The summed E-state index contributed by atoms with van der Waals surface area (Å²) in [7, 11) is 0. The van der Waals surface area contributed by atoms with Crippen LogP contribution in [0.5, 0.6) is 0 Å². The molecule has 0 spiro atoms. The molecule has 0 bridgehead atoms. The van der Waals surface area contributed by atoms with Gasteiger partial charge >= 0.3 is 0 Å². The van der Waals surface area contributed by atoms with Crippen LogP contribution in [0.15, 0.2) is 102 Å². The fourth-order valence-electron chi connectivity index (χ4n) is 7.10. The highest BCUT2D eigenvalue weighted by Gasteiger charge is 2.27. The van der Waals surface area contributed by atoms with Crippen LogP contribution in [-0.2, 0) is 6.42 Å². The van der Waals surface area contributed by atoms with Crippen molar-refractivity contribution in [2.24, 2.45) is 4.99 Å². The molecule has 6 rings (SSSR count). The Balaban J connectivity index is 1.32. The Morgan fingerprint density at radius 3 is 1.64 bits per heavy atom. The van der Waals surface area contributed by atoms with Crippen LogP contribution in [0, 0.1) is 0 Å². The molecule has 4 nitrogen and oxygen atoms in total. The molecule has 2 heterocycles. The number of rotatable bonds is 10. The topological polar surface area (TPSA) is 33.4 Å². The standard InChI is InChI=1S/C43H50N4/c1-28(2)36-17-11-18-37(29(3)4)40(36)46-23-21-44-42(46)34-15-9-13-32(26-34)25-33-14-10-16-35(27-33)43-45-22-24-47(43)41-38(30(5)6)19-12-20-39(41)31(7)8/h9-21,23,26-31H,22,24-25H2,1-8H3. The maximum Gasteiger partial charge on any atom is 0.144 e. The van der Waals surface area contributed by atoms with Gasteiger partial charge in [0.15, 0.2) is 0 Å². The Labute approximate surface area is 282 Å². The number of aromatic nitrogens is 2. The SMILES string of the molecule is CC(C)c1cccc(C(C)C)c1N1CCN=C1c1cccc(Cc2cccc(-c3nccn3-c3c(C(C)C)cccc3C(C)C)c2)c1. The van der Waals surface area contributed by atoms with Crippen molar-refractivity contribution in [1.82, 2.24) is 9.55 Å². The van der Waals surface area contributed by atoms with Gasteiger partial charge in [0.05, 0.1) is 12.2 Å². The molecule has 4 heteroatoms. The molecule has 0 saturated carbocycles. The van der Waals surface area contributed by atoms with Gasteiger partial charge in [0.2, 0.25) is 0 Å². The van der Waals surface area contributed by atoms with Crippen LogP contribution in [0.4, 0.5) is 5.69 Å². The average molecular weight is 623 g/mol. The summed E-state index contributed by atoms with van der Waals surface area (Å²) in [6.45, 7) is 20.0. The van der Waals surface area contributed by atoms with E-state index in [9.17, 15) is 0 Å². The number of anilines is 1. The van der Waals surface area contributed by atoms with Gasteiger partial charge in [-0.3, -0.25) is 9.56 Å². The summed E-state index contributed by atoms with van der Waals surface area (Å²) in [4.78, 5) is 12.4. The van der Waals surface area contributed by atoms with E-state index in [1.165, 1.54) is 50.3 Å². The minimum absolute atomic E-state index is 0.411. The fourth-order valence-corrected chi connectivity index (χ4v) is 7.10. The Hall–Kier alpha value is -4.44. The van der Waals surface area contributed by atoms with Crippen molar-refractivity contribution in [2.75, 3.05) is 18.0 Å². The van der Waals surface area contributed by atoms with Crippen LogP contribution in [0.1, 0.15) is 118 Å². The molecular weight excluding hydrogens is 573 g/mol. The van der Waals surface area contributed by atoms with Crippen molar-refractivity contribution in [1.29, 1.82) is 0 Å². The van der Waals surface area contributed by atoms with E-state index >= 15 is 0 Å². The van der Waals surface area contributed by atoms with Gasteiger partial charge in [-0.1, -0.05) is 128 Å². The maximum absolute atomic E-state index is 5.07. The number of nitrogens with zero attached hydrogens (tertiary/aromatic N) is 4. The van der Waals surface area contributed by atoms with Gasteiger partial charge in [-0.05, 0) is 75.6 Å². The Kier molecular flexibility index (Phi) is 9.50. The lowest BCUT2D eigenvalue weighted by molar-refractivity contribution is 0.806. The van der Waals surface area contributed by atoms with Crippen LogP contribution in [0.2, 0.25) is 0 Å². The summed E-state index contributed by atoms with van der Waals surface area (Å²) in [6.07, 6.45) is 4.90. The number of aliphatic imine (C=N–C) groups is 1. The highest BCUT2D eigenvalue weighted by atomic mass is 15.2. The molecule has 5 aromatic rings. The first kappa shape index (κ1) is 32.5. The molecule has 1 aromatic heterocycles. The van der Waals surface area contributed by atoms with Gasteiger partial charge in [-0.15, -0.1) is 0 Å². The molecule has 47 heavy (non-hydrogen) atoms.